The van der Waals surface area contributed by atoms with Gasteiger partial charge in [0.15, 0.2) is 11.5 Å². The number of aryl methyl sites for hydroxylation is 1. The zero-order valence-corrected chi connectivity index (χ0v) is 14.7. The summed E-state index contributed by atoms with van der Waals surface area (Å²) >= 11 is 0. The first-order valence-electron chi connectivity index (χ1n) is 8.79. The number of nitrogens with one attached hydrogen (secondary N) is 1. The number of rotatable bonds is 5. The Bertz CT molecular complexity index is 908. The molecule has 0 unspecified atom stereocenters. The Kier molecular flexibility index (Phi) is 4.43. The van der Waals surface area contributed by atoms with Gasteiger partial charge >= 0.3 is 0 Å². The van der Waals surface area contributed by atoms with Gasteiger partial charge in [0, 0.05) is 25.4 Å². The molecule has 0 spiro atoms. The Morgan fingerprint density at radius 2 is 2.08 bits per heavy atom. The molecule has 1 N–H and O–H groups in total. The first-order chi connectivity index (χ1) is 12.7. The van der Waals surface area contributed by atoms with Gasteiger partial charge in [-0.1, -0.05) is 17.3 Å². The third-order valence-electron chi connectivity index (χ3n) is 4.47. The molecule has 0 radical (unpaired) electrons. The molecule has 0 atom stereocenters. The first-order valence-corrected chi connectivity index (χ1v) is 8.79. The van der Waals surface area contributed by atoms with Crippen LogP contribution in [0.15, 0.2) is 47.2 Å². The van der Waals surface area contributed by atoms with Crippen LogP contribution >= 0.6 is 0 Å². The van der Waals surface area contributed by atoms with Crippen LogP contribution in [-0.2, 0) is 6.54 Å². The fourth-order valence-corrected chi connectivity index (χ4v) is 3.21. The number of anilines is 2. The van der Waals surface area contributed by atoms with Gasteiger partial charge in [0.2, 0.25) is 0 Å². The van der Waals surface area contributed by atoms with E-state index in [9.17, 15) is 4.79 Å². The Labute approximate surface area is 151 Å². The van der Waals surface area contributed by atoms with E-state index in [-0.39, 0.29) is 11.6 Å². The highest BCUT2D eigenvalue weighted by Crippen LogP contribution is 2.29. The van der Waals surface area contributed by atoms with Crippen LogP contribution in [-0.4, -0.2) is 33.9 Å². The normalized spacial score (nSPS) is 14.0. The summed E-state index contributed by atoms with van der Waals surface area (Å²) in [5.74, 6) is 0.314. The summed E-state index contributed by atoms with van der Waals surface area (Å²) in [7, 11) is 0. The standard InChI is InChI=1S/C19H21N5O2/c1-14-11-20-24(12-14)13-15-10-17(22-26-15)19(25)21-16-6-2-3-7-18(16)23-8-4-5-9-23/h2-3,6-7,10-12H,4-5,8-9,13H2,1H3,(H,21,25). The smallest absolute Gasteiger partial charge is 0.277 e. The monoisotopic (exact) mass is 351 g/mol. The zero-order chi connectivity index (χ0) is 17.9. The second-order valence-corrected chi connectivity index (χ2v) is 6.56. The van der Waals surface area contributed by atoms with Crippen molar-refractivity contribution in [3.05, 3.63) is 59.7 Å². The van der Waals surface area contributed by atoms with Crippen molar-refractivity contribution in [1.82, 2.24) is 14.9 Å². The van der Waals surface area contributed by atoms with E-state index in [2.05, 4.69) is 20.5 Å². The molecule has 3 aromatic rings. The Morgan fingerprint density at radius 1 is 1.27 bits per heavy atom. The van der Waals surface area contributed by atoms with Crippen LogP contribution < -0.4 is 10.2 Å². The second-order valence-electron chi connectivity index (χ2n) is 6.56. The minimum atomic E-state index is -0.275. The Balaban J connectivity index is 1.47. The maximum atomic E-state index is 12.6. The summed E-state index contributed by atoms with van der Waals surface area (Å²) in [5.41, 5.74) is 3.18. The van der Waals surface area contributed by atoms with Crippen LogP contribution in [0.5, 0.6) is 0 Å². The fraction of sp³-hybridized carbons (Fsp3) is 0.316. The van der Waals surface area contributed by atoms with Crippen molar-refractivity contribution in [2.45, 2.75) is 26.3 Å². The van der Waals surface area contributed by atoms with Gasteiger partial charge in [0.1, 0.15) is 6.54 Å². The maximum absolute atomic E-state index is 12.6. The van der Waals surface area contributed by atoms with Crippen molar-refractivity contribution < 1.29 is 9.32 Å². The molecule has 134 valence electrons. The van der Waals surface area contributed by atoms with Crippen LogP contribution in [0.2, 0.25) is 0 Å². The summed E-state index contributed by atoms with van der Waals surface area (Å²) in [6, 6.07) is 9.52. The molecule has 1 aliphatic rings. The molecule has 4 rings (SSSR count). The van der Waals surface area contributed by atoms with Crippen molar-refractivity contribution in [1.29, 1.82) is 0 Å². The summed E-state index contributed by atoms with van der Waals surface area (Å²) in [6.45, 7) is 4.45. The van der Waals surface area contributed by atoms with Gasteiger partial charge in [-0.05, 0) is 37.5 Å². The van der Waals surface area contributed by atoms with Crippen molar-refractivity contribution in [3.8, 4) is 0 Å². The van der Waals surface area contributed by atoms with Crippen molar-refractivity contribution in [2.24, 2.45) is 0 Å². The molecule has 7 heteroatoms. The van der Waals surface area contributed by atoms with E-state index in [0.29, 0.717) is 12.3 Å². The van der Waals surface area contributed by atoms with E-state index in [1.165, 1.54) is 12.8 Å². The largest absolute Gasteiger partial charge is 0.370 e. The summed E-state index contributed by atoms with van der Waals surface area (Å²) < 4.78 is 7.03. The van der Waals surface area contributed by atoms with E-state index >= 15 is 0 Å². The highest BCUT2D eigenvalue weighted by Gasteiger charge is 2.18. The van der Waals surface area contributed by atoms with E-state index in [1.54, 1.807) is 16.9 Å². The molecule has 1 amide bonds. The van der Waals surface area contributed by atoms with Gasteiger partial charge < -0.3 is 14.7 Å². The molecule has 1 aromatic carbocycles. The lowest BCUT2D eigenvalue weighted by atomic mass is 10.2. The lowest BCUT2D eigenvalue weighted by Gasteiger charge is -2.21. The number of hydrogen-bond acceptors (Lipinski definition) is 5. The molecular formula is C19H21N5O2. The molecule has 1 saturated heterocycles. The lowest BCUT2D eigenvalue weighted by Crippen LogP contribution is -2.21. The molecule has 1 aliphatic heterocycles. The minimum absolute atomic E-state index is 0.264. The highest BCUT2D eigenvalue weighted by atomic mass is 16.5. The van der Waals surface area contributed by atoms with Crippen molar-refractivity contribution in [2.75, 3.05) is 23.3 Å². The van der Waals surface area contributed by atoms with Gasteiger partial charge in [-0.25, -0.2) is 0 Å². The second kappa shape index (κ2) is 7.03. The van der Waals surface area contributed by atoms with Crippen LogP contribution in [0.4, 0.5) is 11.4 Å². The van der Waals surface area contributed by atoms with E-state index in [4.69, 9.17) is 4.52 Å². The number of carbonyl (C=O) groups is 1. The van der Waals surface area contributed by atoms with Gasteiger partial charge in [-0.3, -0.25) is 9.48 Å². The molecule has 0 saturated carbocycles. The highest BCUT2D eigenvalue weighted by molar-refractivity contribution is 6.04. The fourth-order valence-electron chi connectivity index (χ4n) is 3.21. The average molecular weight is 351 g/mol. The van der Waals surface area contributed by atoms with Crippen LogP contribution in [0.25, 0.3) is 0 Å². The Morgan fingerprint density at radius 3 is 2.85 bits per heavy atom. The molecule has 1 fully saturated rings. The first kappa shape index (κ1) is 16.4. The van der Waals surface area contributed by atoms with Gasteiger partial charge in [-0.2, -0.15) is 5.10 Å². The molecule has 2 aromatic heterocycles. The molecule has 0 bridgehead atoms. The van der Waals surface area contributed by atoms with Gasteiger partial charge in [0.25, 0.3) is 5.91 Å². The molecule has 0 aliphatic carbocycles. The predicted molar refractivity (Wildman–Crippen MR) is 98.4 cm³/mol. The van der Waals surface area contributed by atoms with Crippen LogP contribution in [0.1, 0.15) is 34.7 Å². The van der Waals surface area contributed by atoms with E-state index in [0.717, 1.165) is 30.0 Å². The number of para-hydroxylation sites is 2. The van der Waals surface area contributed by atoms with Crippen molar-refractivity contribution in [3.63, 3.8) is 0 Å². The number of carbonyl (C=O) groups excluding carboxylic acids is 1. The quantitative estimate of drug-likeness (QED) is 0.764. The number of aromatic nitrogens is 3. The number of hydrogen-bond donors (Lipinski definition) is 1. The third-order valence-corrected chi connectivity index (χ3v) is 4.47. The maximum Gasteiger partial charge on any atom is 0.277 e. The van der Waals surface area contributed by atoms with Gasteiger partial charge in [0.05, 0.1) is 17.6 Å². The lowest BCUT2D eigenvalue weighted by molar-refractivity contribution is 0.101. The third kappa shape index (κ3) is 3.46. The van der Waals surface area contributed by atoms with Crippen LogP contribution in [0, 0.1) is 6.92 Å². The predicted octanol–water partition coefficient (Wildman–Crippen LogP) is 3.08. The average Bonchev–Trinajstić information content (AvgIpc) is 3.38. The summed E-state index contributed by atoms with van der Waals surface area (Å²) in [4.78, 5) is 14.9. The number of nitrogens with zero attached hydrogens (tertiary/aromatic N) is 4. The minimum Gasteiger partial charge on any atom is -0.370 e. The van der Waals surface area contributed by atoms with E-state index < -0.39 is 0 Å². The zero-order valence-electron chi connectivity index (χ0n) is 14.7. The molecule has 7 nitrogen and oxygen atoms in total. The Hall–Kier alpha value is -3.09. The van der Waals surface area contributed by atoms with Gasteiger partial charge in [-0.15, -0.1) is 0 Å². The summed E-state index contributed by atoms with van der Waals surface area (Å²) in [5, 5.41) is 11.1. The molecule has 26 heavy (non-hydrogen) atoms. The topological polar surface area (TPSA) is 76.2 Å². The SMILES string of the molecule is Cc1cnn(Cc2cc(C(=O)Nc3ccccc3N3CCCC3)no2)c1. The van der Waals surface area contributed by atoms with Crippen LogP contribution in [0.3, 0.4) is 0 Å². The molecular weight excluding hydrogens is 330 g/mol. The molecule has 3 heterocycles. The van der Waals surface area contributed by atoms with E-state index in [1.807, 2.05) is 37.4 Å². The number of benzene rings is 1. The number of amides is 1. The summed E-state index contributed by atoms with van der Waals surface area (Å²) in [6.07, 6.45) is 6.05. The van der Waals surface area contributed by atoms with Crippen molar-refractivity contribution >= 4 is 17.3 Å².